The zero-order valence-corrected chi connectivity index (χ0v) is 11.2. The summed E-state index contributed by atoms with van der Waals surface area (Å²) in [5, 5.41) is 9.85. The minimum absolute atomic E-state index is 0.253. The van der Waals surface area contributed by atoms with Gasteiger partial charge in [0.05, 0.1) is 5.56 Å². The number of nitrogen functional groups attached to an aromatic ring is 1. The summed E-state index contributed by atoms with van der Waals surface area (Å²) in [5.41, 5.74) is 6.65. The van der Waals surface area contributed by atoms with Gasteiger partial charge in [-0.05, 0) is 35.6 Å². The van der Waals surface area contributed by atoms with E-state index >= 15 is 0 Å². The summed E-state index contributed by atoms with van der Waals surface area (Å²) in [5.74, 6) is -2.12. The fourth-order valence-electron chi connectivity index (χ4n) is 1.98. The highest BCUT2D eigenvalue weighted by atomic mass is 19.2. The highest BCUT2D eigenvalue weighted by Crippen LogP contribution is 2.29. The Morgan fingerprint density at radius 2 is 1.84 bits per heavy atom. The summed E-state index contributed by atoms with van der Waals surface area (Å²) in [4.78, 5) is 0. The molecule has 0 radical (unpaired) electrons. The SMILES string of the molecule is CC.CCc1cc(N)cc2cc(F)c(F)c(C#N)c12. The Morgan fingerprint density at radius 1 is 1.21 bits per heavy atom. The second-order valence-corrected chi connectivity index (χ2v) is 3.79. The first-order valence-corrected chi connectivity index (χ1v) is 6.18. The van der Waals surface area contributed by atoms with Gasteiger partial charge in [-0.15, -0.1) is 0 Å². The molecule has 0 saturated carbocycles. The number of aryl methyl sites for hydroxylation is 1. The van der Waals surface area contributed by atoms with E-state index in [2.05, 4.69) is 0 Å². The smallest absolute Gasteiger partial charge is 0.177 e. The summed E-state index contributed by atoms with van der Waals surface area (Å²) < 4.78 is 26.8. The predicted molar refractivity (Wildman–Crippen MR) is 73.7 cm³/mol. The molecule has 0 unspecified atom stereocenters. The first-order chi connectivity index (χ1) is 9.08. The molecule has 19 heavy (non-hydrogen) atoms. The van der Waals surface area contributed by atoms with Crippen LogP contribution in [0.5, 0.6) is 0 Å². The number of fused-ring (bicyclic) bond motifs is 1. The number of benzene rings is 2. The standard InChI is InChI=1S/C13H10F2N2.C2H6/c1-2-7-3-9(17)4-8-5-11(14)13(15)10(6-16)12(7)8;1-2/h3-5H,2,17H2,1H3;1-2H3. The first-order valence-electron chi connectivity index (χ1n) is 6.18. The zero-order chi connectivity index (χ0) is 14.6. The normalized spacial score (nSPS) is 9.68. The van der Waals surface area contributed by atoms with Crippen LogP contribution in [0, 0.1) is 23.0 Å². The van der Waals surface area contributed by atoms with Gasteiger partial charge in [0, 0.05) is 11.1 Å². The number of rotatable bonds is 1. The molecule has 0 aromatic heterocycles. The van der Waals surface area contributed by atoms with Crippen LogP contribution in [0.1, 0.15) is 31.9 Å². The monoisotopic (exact) mass is 262 g/mol. The molecule has 0 aliphatic carbocycles. The van der Waals surface area contributed by atoms with E-state index in [1.807, 2.05) is 20.8 Å². The second kappa shape index (κ2) is 6.14. The van der Waals surface area contributed by atoms with Crippen molar-refractivity contribution in [2.75, 3.05) is 5.73 Å². The highest BCUT2D eigenvalue weighted by molar-refractivity contribution is 5.93. The molecule has 0 saturated heterocycles. The fourth-order valence-corrected chi connectivity index (χ4v) is 1.98. The molecule has 2 N–H and O–H groups in total. The van der Waals surface area contributed by atoms with Gasteiger partial charge < -0.3 is 5.73 Å². The second-order valence-electron chi connectivity index (χ2n) is 3.79. The van der Waals surface area contributed by atoms with Gasteiger partial charge in [-0.25, -0.2) is 8.78 Å². The van der Waals surface area contributed by atoms with Gasteiger partial charge in [0.1, 0.15) is 6.07 Å². The molecule has 0 atom stereocenters. The quantitative estimate of drug-likeness (QED) is 0.784. The Morgan fingerprint density at radius 3 is 2.37 bits per heavy atom. The van der Waals surface area contributed by atoms with Crippen molar-refractivity contribution in [3.8, 4) is 6.07 Å². The molecule has 100 valence electrons. The number of nitrogens with zero attached hydrogens (tertiary/aromatic N) is 1. The number of hydrogen-bond acceptors (Lipinski definition) is 2. The van der Waals surface area contributed by atoms with Gasteiger partial charge >= 0.3 is 0 Å². The van der Waals surface area contributed by atoms with Crippen LogP contribution >= 0.6 is 0 Å². The van der Waals surface area contributed by atoms with E-state index < -0.39 is 11.6 Å². The van der Waals surface area contributed by atoms with Crippen molar-refractivity contribution in [2.45, 2.75) is 27.2 Å². The summed E-state index contributed by atoms with van der Waals surface area (Å²) in [6.07, 6.45) is 0.599. The van der Waals surface area contributed by atoms with E-state index in [1.54, 1.807) is 12.1 Å². The number of nitriles is 1. The van der Waals surface area contributed by atoms with Gasteiger partial charge in [-0.3, -0.25) is 0 Å². The van der Waals surface area contributed by atoms with Crippen LogP contribution in [0.2, 0.25) is 0 Å². The van der Waals surface area contributed by atoms with Crippen molar-refractivity contribution < 1.29 is 8.78 Å². The average Bonchev–Trinajstić information content (AvgIpc) is 2.42. The summed E-state index contributed by atoms with van der Waals surface area (Å²) in [6, 6.07) is 6.01. The van der Waals surface area contributed by atoms with Gasteiger partial charge in [-0.2, -0.15) is 5.26 Å². The highest BCUT2D eigenvalue weighted by Gasteiger charge is 2.15. The van der Waals surface area contributed by atoms with Gasteiger partial charge in [0.15, 0.2) is 11.6 Å². The van der Waals surface area contributed by atoms with Gasteiger partial charge in [-0.1, -0.05) is 20.8 Å². The molecule has 0 aliphatic heterocycles. The third-order valence-electron chi connectivity index (χ3n) is 2.73. The Hall–Kier alpha value is -2.15. The van der Waals surface area contributed by atoms with Gasteiger partial charge in [0.2, 0.25) is 0 Å². The topological polar surface area (TPSA) is 49.8 Å². The van der Waals surface area contributed by atoms with Crippen molar-refractivity contribution in [3.05, 3.63) is 41.0 Å². The van der Waals surface area contributed by atoms with E-state index in [4.69, 9.17) is 11.0 Å². The molecule has 0 fully saturated rings. The molecule has 2 aromatic carbocycles. The minimum Gasteiger partial charge on any atom is -0.399 e. The Balaban J connectivity index is 0.000000861. The molecular weight excluding hydrogens is 246 g/mol. The molecule has 0 spiro atoms. The molecule has 0 bridgehead atoms. The number of hydrogen-bond donors (Lipinski definition) is 1. The largest absolute Gasteiger partial charge is 0.399 e. The lowest BCUT2D eigenvalue weighted by molar-refractivity contribution is 0.508. The maximum absolute atomic E-state index is 13.5. The molecule has 0 heterocycles. The molecule has 2 nitrogen and oxygen atoms in total. The summed E-state index contributed by atoms with van der Waals surface area (Å²) in [7, 11) is 0. The Bertz CT molecular complexity index is 643. The third kappa shape index (κ3) is 2.65. The van der Waals surface area contributed by atoms with Crippen molar-refractivity contribution >= 4 is 16.5 Å². The molecule has 2 aromatic rings. The average molecular weight is 262 g/mol. The summed E-state index contributed by atoms with van der Waals surface area (Å²) in [6.45, 7) is 5.87. The van der Waals surface area contributed by atoms with Gasteiger partial charge in [0.25, 0.3) is 0 Å². The fraction of sp³-hybridized carbons (Fsp3) is 0.267. The van der Waals surface area contributed by atoms with Crippen molar-refractivity contribution in [3.63, 3.8) is 0 Å². The van der Waals surface area contributed by atoms with Crippen LogP contribution in [-0.2, 0) is 6.42 Å². The van der Waals surface area contributed by atoms with Crippen LogP contribution in [0.25, 0.3) is 10.8 Å². The van der Waals surface area contributed by atoms with Crippen LogP contribution in [0.4, 0.5) is 14.5 Å². The number of anilines is 1. The number of halogens is 2. The maximum Gasteiger partial charge on any atom is 0.177 e. The lowest BCUT2D eigenvalue weighted by Crippen LogP contribution is -1.97. The van der Waals surface area contributed by atoms with Crippen molar-refractivity contribution in [1.29, 1.82) is 5.26 Å². The zero-order valence-electron chi connectivity index (χ0n) is 11.2. The van der Waals surface area contributed by atoms with Crippen molar-refractivity contribution in [1.82, 2.24) is 0 Å². The maximum atomic E-state index is 13.5. The minimum atomic E-state index is -1.10. The van der Waals surface area contributed by atoms with E-state index in [1.165, 1.54) is 6.07 Å². The van der Waals surface area contributed by atoms with Crippen LogP contribution < -0.4 is 5.73 Å². The molecule has 0 amide bonds. The number of nitrogens with two attached hydrogens (primary N) is 1. The van der Waals surface area contributed by atoms with E-state index in [0.717, 1.165) is 11.6 Å². The first kappa shape index (κ1) is 14.9. The molecule has 4 heteroatoms. The Kier molecular flexibility index (Phi) is 4.82. The summed E-state index contributed by atoms with van der Waals surface area (Å²) >= 11 is 0. The van der Waals surface area contributed by atoms with E-state index in [0.29, 0.717) is 22.9 Å². The third-order valence-corrected chi connectivity index (χ3v) is 2.73. The molecule has 0 aliphatic rings. The lowest BCUT2D eigenvalue weighted by atomic mass is 9.97. The van der Waals surface area contributed by atoms with Crippen molar-refractivity contribution in [2.24, 2.45) is 0 Å². The molecule has 2 rings (SSSR count). The van der Waals surface area contributed by atoms with E-state index in [9.17, 15) is 8.78 Å². The van der Waals surface area contributed by atoms with Crippen LogP contribution in [-0.4, -0.2) is 0 Å². The Labute approximate surface area is 111 Å². The van der Waals surface area contributed by atoms with Crippen LogP contribution in [0.3, 0.4) is 0 Å². The molecular formula is C15H16F2N2. The van der Waals surface area contributed by atoms with Crippen LogP contribution in [0.15, 0.2) is 18.2 Å². The lowest BCUT2D eigenvalue weighted by Gasteiger charge is -2.09. The predicted octanol–water partition coefficient (Wildman–Crippen LogP) is 4.16. The van der Waals surface area contributed by atoms with E-state index in [-0.39, 0.29) is 5.56 Å².